The van der Waals surface area contributed by atoms with Crippen molar-refractivity contribution in [1.82, 2.24) is 0 Å². The van der Waals surface area contributed by atoms with Crippen molar-refractivity contribution >= 4 is 69.3 Å². The van der Waals surface area contributed by atoms with Crippen molar-refractivity contribution in [3.63, 3.8) is 0 Å². The second-order valence-electron chi connectivity index (χ2n) is 6.61. The lowest BCUT2D eigenvalue weighted by atomic mass is 10.1. The number of nitrogens with zero attached hydrogens (tertiary/aromatic N) is 1. The van der Waals surface area contributed by atoms with Crippen LogP contribution >= 0.6 is 47.3 Å². The van der Waals surface area contributed by atoms with E-state index in [0.717, 1.165) is 33.5 Å². The minimum atomic E-state index is -0.124. The van der Waals surface area contributed by atoms with Crippen LogP contribution in [0.3, 0.4) is 0 Å². The molecule has 0 radical (unpaired) electrons. The van der Waals surface area contributed by atoms with Crippen molar-refractivity contribution in [2.75, 3.05) is 4.90 Å². The maximum Gasteiger partial charge on any atom is 0.270 e. The third-order valence-corrected chi connectivity index (χ3v) is 7.10. The number of anilines is 1. The molecule has 152 valence electrons. The van der Waals surface area contributed by atoms with Gasteiger partial charge in [-0.05, 0) is 53.9 Å². The van der Waals surface area contributed by atoms with Crippen LogP contribution in [0.1, 0.15) is 23.8 Å². The predicted octanol–water partition coefficient (Wildman–Crippen LogP) is 7.19. The normalized spacial score (nSPS) is 15.4. The van der Waals surface area contributed by atoms with Gasteiger partial charge in [-0.3, -0.25) is 9.69 Å². The van der Waals surface area contributed by atoms with Crippen LogP contribution in [0.5, 0.6) is 0 Å². The van der Waals surface area contributed by atoms with Crippen molar-refractivity contribution in [3.8, 4) is 0 Å². The summed E-state index contributed by atoms with van der Waals surface area (Å²) in [5.41, 5.74) is 3.17. The molecule has 0 N–H and O–H groups in total. The molecule has 0 spiro atoms. The molecule has 0 atom stereocenters. The number of benzene rings is 2. The summed E-state index contributed by atoms with van der Waals surface area (Å²) in [4.78, 5) is 15.0. The lowest BCUT2D eigenvalue weighted by Crippen LogP contribution is -2.27. The number of carbonyl (C=O) groups excluding carboxylic acids is 1. The van der Waals surface area contributed by atoms with Gasteiger partial charge in [0, 0.05) is 16.9 Å². The van der Waals surface area contributed by atoms with Crippen LogP contribution in [0.15, 0.2) is 75.1 Å². The first kappa shape index (κ1) is 21.2. The second kappa shape index (κ2) is 9.43. The lowest BCUT2D eigenvalue weighted by Gasteiger charge is -2.14. The Morgan fingerprint density at radius 1 is 1.07 bits per heavy atom. The summed E-state index contributed by atoms with van der Waals surface area (Å²) in [5, 5.41) is 1.52. The molecule has 7 heteroatoms. The van der Waals surface area contributed by atoms with Crippen LogP contribution in [0, 0.1) is 0 Å². The number of furan rings is 1. The molecule has 0 saturated carbocycles. The average Bonchev–Trinajstić information content (AvgIpc) is 3.31. The molecular weight excluding hydrogens is 454 g/mol. The van der Waals surface area contributed by atoms with Crippen LogP contribution in [0.4, 0.5) is 5.69 Å². The van der Waals surface area contributed by atoms with Gasteiger partial charge in [0.25, 0.3) is 5.91 Å². The number of thiocarbonyl (C=S) groups is 1. The van der Waals surface area contributed by atoms with E-state index in [0.29, 0.717) is 15.0 Å². The fourth-order valence-corrected chi connectivity index (χ4v) is 5.15. The molecule has 0 unspecified atom stereocenters. The van der Waals surface area contributed by atoms with Gasteiger partial charge in [0.1, 0.15) is 5.76 Å². The summed E-state index contributed by atoms with van der Waals surface area (Å²) >= 11 is 14.3. The van der Waals surface area contributed by atoms with E-state index in [4.69, 9.17) is 28.2 Å². The molecule has 1 aromatic heterocycles. The first-order valence-corrected chi connectivity index (χ1v) is 12.0. The van der Waals surface area contributed by atoms with Crippen LogP contribution in [0.25, 0.3) is 6.08 Å². The molecule has 1 aliphatic rings. The number of carbonyl (C=O) groups is 1. The standard InChI is InChI=1S/C23H18ClNO2S3/c1-2-15-5-9-18(10-6-15)25-22(26)20(30-23(25)28)13-19-11-12-21(27-19)29-14-16-3-7-17(24)8-4-16/h3-13H,2,14H2,1H3. The molecule has 30 heavy (non-hydrogen) atoms. The van der Waals surface area contributed by atoms with Gasteiger partial charge in [0.05, 0.1) is 10.6 Å². The van der Waals surface area contributed by atoms with Gasteiger partial charge in [0.2, 0.25) is 0 Å². The third kappa shape index (κ3) is 4.83. The first-order chi connectivity index (χ1) is 14.5. The van der Waals surface area contributed by atoms with E-state index >= 15 is 0 Å². The molecule has 2 aromatic carbocycles. The lowest BCUT2D eigenvalue weighted by molar-refractivity contribution is -0.113. The maximum absolute atomic E-state index is 12.9. The van der Waals surface area contributed by atoms with E-state index in [9.17, 15) is 4.79 Å². The Bertz CT molecular complexity index is 1100. The molecule has 0 aliphatic carbocycles. The zero-order chi connectivity index (χ0) is 21.1. The van der Waals surface area contributed by atoms with Crippen molar-refractivity contribution in [1.29, 1.82) is 0 Å². The molecule has 1 amide bonds. The van der Waals surface area contributed by atoms with Crippen LogP contribution in [0.2, 0.25) is 5.02 Å². The largest absolute Gasteiger partial charge is 0.450 e. The highest BCUT2D eigenvalue weighted by molar-refractivity contribution is 8.27. The van der Waals surface area contributed by atoms with Crippen molar-refractivity contribution in [2.45, 2.75) is 24.2 Å². The Balaban J connectivity index is 1.45. The van der Waals surface area contributed by atoms with Crippen LogP contribution in [-0.2, 0) is 17.0 Å². The molecular formula is C23H18ClNO2S3. The van der Waals surface area contributed by atoms with E-state index in [1.54, 1.807) is 22.7 Å². The summed E-state index contributed by atoms with van der Waals surface area (Å²) < 4.78 is 6.41. The van der Waals surface area contributed by atoms with E-state index in [1.807, 2.05) is 60.7 Å². The number of aryl methyl sites for hydroxylation is 1. The van der Waals surface area contributed by atoms with E-state index in [-0.39, 0.29) is 5.91 Å². The summed E-state index contributed by atoms with van der Waals surface area (Å²) in [6.07, 6.45) is 2.71. The van der Waals surface area contributed by atoms with Gasteiger partial charge in [-0.2, -0.15) is 0 Å². The van der Waals surface area contributed by atoms with E-state index in [2.05, 4.69) is 6.92 Å². The maximum atomic E-state index is 12.9. The van der Waals surface area contributed by atoms with Gasteiger partial charge in [-0.15, -0.1) is 0 Å². The summed E-state index contributed by atoms with van der Waals surface area (Å²) in [7, 11) is 0. The minimum absolute atomic E-state index is 0.124. The molecule has 0 bridgehead atoms. The zero-order valence-corrected chi connectivity index (χ0v) is 19.3. The topological polar surface area (TPSA) is 33.5 Å². The van der Waals surface area contributed by atoms with E-state index < -0.39 is 0 Å². The molecule has 3 nitrogen and oxygen atoms in total. The summed E-state index contributed by atoms with van der Waals surface area (Å²) in [5.74, 6) is 1.29. The third-order valence-electron chi connectivity index (χ3n) is 4.57. The molecule has 1 aliphatic heterocycles. The van der Waals surface area contributed by atoms with Gasteiger partial charge in [0.15, 0.2) is 9.41 Å². The Morgan fingerprint density at radius 2 is 1.77 bits per heavy atom. The smallest absolute Gasteiger partial charge is 0.270 e. The quantitative estimate of drug-likeness (QED) is 0.216. The molecule has 1 saturated heterocycles. The monoisotopic (exact) mass is 471 g/mol. The number of rotatable bonds is 6. The average molecular weight is 472 g/mol. The first-order valence-electron chi connectivity index (χ1n) is 9.37. The van der Waals surface area contributed by atoms with Gasteiger partial charge in [-0.25, -0.2) is 0 Å². The van der Waals surface area contributed by atoms with Crippen molar-refractivity contribution in [2.24, 2.45) is 0 Å². The molecule has 4 rings (SSSR count). The number of hydrogen-bond donors (Lipinski definition) is 0. The highest BCUT2D eigenvalue weighted by Gasteiger charge is 2.33. The van der Waals surface area contributed by atoms with Crippen molar-refractivity contribution < 1.29 is 9.21 Å². The van der Waals surface area contributed by atoms with E-state index in [1.165, 1.54) is 17.3 Å². The SMILES string of the molecule is CCc1ccc(N2C(=O)C(=Cc3ccc(SCc4ccc(Cl)cc4)o3)SC2=S)cc1. The molecule has 2 heterocycles. The highest BCUT2D eigenvalue weighted by Crippen LogP contribution is 2.37. The number of amides is 1. The predicted molar refractivity (Wildman–Crippen MR) is 131 cm³/mol. The fraction of sp³-hybridized carbons (Fsp3) is 0.130. The van der Waals surface area contributed by atoms with Gasteiger partial charge >= 0.3 is 0 Å². The Labute approximate surface area is 194 Å². The van der Waals surface area contributed by atoms with Crippen molar-refractivity contribution in [3.05, 3.63) is 87.5 Å². The fourth-order valence-electron chi connectivity index (χ4n) is 2.92. The number of hydrogen-bond acceptors (Lipinski definition) is 5. The summed E-state index contributed by atoms with van der Waals surface area (Å²) in [6.45, 7) is 2.10. The second-order valence-corrected chi connectivity index (χ2v) is 9.70. The molecule has 3 aromatic rings. The Kier molecular flexibility index (Phi) is 6.68. The van der Waals surface area contributed by atoms with Gasteiger partial charge in [-0.1, -0.05) is 78.5 Å². The minimum Gasteiger partial charge on any atom is -0.450 e. The highest BCUT2D eigenvalue weighted by atomic mass is 35.5. The zero-order valence-electron chi connectivity index (χ0n) is 16.1. The summed E-state index contributed by atoms with van der Waals surface area (Å²) in [6, 6.07) is 19.4. The number of thioether (sulfide) groups is 2. The Morgan fingerprint density at radius 3 is 2.47 bits per heavy atom. The van der Waals surface area contributed by atoms with Crippen LogP contribution < -0.4 is 4.90 Å². The van der Waals surface area contributed by atoms with Crippen LogP contribution in [-0.4, -0.2) is 10.2 Å². The molecule has 1 fully saturated rings. The van der Waals surface area contributed by atoms with Gasteiger partial charge < -0.3 is 4.42 Å². The Hall–Kier alpha value is -1.99. The number of halogens is 1.